The minimum Gasteiger partial charge on any atom is -0.316 e. The Morgan fingerprint density at radius 3 is 2.35 bits per heavy atom. The number of nitrogens with one attached hydrogen (secondary N) is 1. The van der Waals surface area contributed by atoms with Crippen LogP contribution in [0.3, 0.4) is 0 Å². The van der Waals surface area contributed by atoms with Crippen LogP contribution in [0.4, 0.5) is 0 Å². The van der Waals surface area contributed by atoms with Crippen LogP contribution in [-0.2, 0) is 16.6 Å². The molecule has 26 heavy (non-hydrogen) atoms. The molecule has 1 N–H and O–H groups in total. The van der Waals surface area contributed by atoms with Gasteiger partial charge in [-0.05, 0) is 42.8 Å². The van der Waals surface area contributed by atoms with Crippen LogP contribution in [0.1, 0.15) is 11.1 Å². The van der Waals surface area contributed by atoms with Gasteiger partial charge in [0.1, 0.15) is 4.90 Å². The Balaban J connectivity index is 0.00000169. The van der Waals surface area contributed by atoms with Gasteiger partial charge in [-0.25, -0.2) is 12.4 Å². The van der Waals surface area contributed by atoms with E-state index in [9.17, 15) is 8.42 Å². The molecule has 140 valence electrons. The third kappa shape index (κ3) is 4.10. The van der Waals surface area contributed by atoms with Gasteiger partial charge in [-0.1, -0.05) is 30.3 Å². The zero-order valence-corrected chi connectivity index (χ0v) is 16.9. The fourth-order valence-electron chi connectivity index (χ4n) is 2.73. The molecule has 2 aromatic heterocycles. The summed E-state index contributed by atoms with van der Waals surface area (Å²) in [6.07, 6.45) is 4.62. The molecule has 3 aromatic rings. The van der Waals surface area contributed by atoms with E-state index in [1.54, 1.807) is 24.5 Å². The van der Waals surface area contributed by atoms with Crippen LogP contribution >= 0.6 is 24.8 Å². The predicted octanol–water partition coefficient (Wildman–Crippen LogP) is 3.66. The molecule has 1 aromatic carbocycles. The molecule has 0 amide bonds. The van der Waals surface area contributed by atoms with Crippen molar-refractivity contribution in [2.45, 2.75) is 18.4 Å². The van der Waals surface area contributed by atoms with Gasteiger partial charge in [0.25, 0.3) is 10.0 Å². The second kappa shape index (κ2) is 9.19. The fourth-order valence-corrected chi connectivity index (χ4v) is 4.15. The Kier molecular flexibility index (Phi) is 7.84. The fraction of sp³-hybridized carbons (Fsp3) is 0.167. The number of rotatable bonds is 5. The van der Waals surface area contributed by atoms with Gasteiger partial charge in [-0.3, -0.25) is 4.98 Å². The topological polar surface area (TPSA) is 64.0 Å². The Morgan fingerprint density at radius 1 is 1.08 bits per heavy atom. The molecule has 0 radical (unpaired) electrons. The first-order chi connectivity index (χ1) is 11.6. The van der Waals surface area contributed by atoms with Gasteiger partial charge in [0.05, 0.1) is 5.69 Å². The lowest BCUT2D eigenvalue weighted by molar-refractivity contribution is 0.587. The van der Waals surface area contributed by atoms with Crippen LogP contribution < -0.4 is 5.32 Å². The van der Waals surface area contributed by atoms with E-state index in [4.69, 9.17) is 0 Å². The second-order valence-electron chi connectivity index (χ2n) is 5.51. The summed E-state index contributed by atoms with van der Waals surface area (Å²) in [6, 6.07) is 12.7. The molecule has 0 atom stereocenters. The normalized spacial score (nSPS) is 10.7. The highest BCUT2D eigenvalue weighted by Crippen LogP contribution is 2.31. The molecule has 0 aliphatic carbocycles. The van der Waals surface area contributed by atoms with Crippen molar-refractivity contribution in [3.05, 3.63) is 72.2 Å². The minimum absolute atomic E-state index is 0. The third-order valence-electron chi connectivity index (χ3n) is 3.94. The summed E-state index contributed by atoms with van der Waals surface area (Å²) in [5, 5.41) is 3.09. The monoisotopic (exact) mass is 413 g/mol. The quantitative estimate of drug-likeness (QED) is 0.692. The van der Waals surface area contributed by atoms with Gasteiger partial charge in [0.15, 0.2) is 0 Å². The van der Waals surface area contributed by atoms with Crippen LogP contribution in [0.25, 0.3) is 11.3 Å². The minimum atomic E-state index is -3.71. The van der Waals surface area contributed by atoms with Gasteiger partial charge in [0, 0.05) is 25.1 Å². The van der Waals surface area contributed by atoms with Gasteiger partial charge in [-0.15, -0.1) is 24.8 Å². The van der Waals surface area contributed by atoms with Crippen LogP contribution in [-0.4, -0.2) is 24.4 Å². The van der Waals surface area contributed by atoms with E-state index in [-0.39, 0.29) is 29.7 Å². The second-order valence-corrected chi connectivity index (χ2v) is 7.33. The molecule has 3 rings (SSSR count). The first-order valence-corrected chi connectivity index (χ1v) is 9.06. The maximum absolute atomic E-state index is 13.1. The summed E-state index contributed by atoms with van der Waals surface area (Å²) >= 11 is 0. The van der Waals surface area contributed by atoms with E-state index in [0.29, 0.717) is 12.2 Å². The molecule has 5 nitrogen and oxygen atoms in total. The highest BCUT2D eigenvalue weighted by Gasteiger charge is 2.24. The van der Waals surface area contributed by atoms with Gasteiger partial charge in [-0.2, -0.15) is 0 Å². The standard InChI is InChI=1S/C18H19N3O2S.2ClH/c1-14-16(11-19-2)13-21(18(14)15-7-4-3-5-8-15)24(22,23)17-9-6-10-20-12-17;;/h3-10,12-13,19H,11H2,1-2H3;2*1H. The molecular weight excluding hydrogens is 393 g/mol. The Morgan fingerprint density at radius 2 is 1.77 bits per heavy atom. The van der Waals surface area contributed by atoms with Crippen LogP contribution in [0.15, 0.2) is 66.0 Å². The molecular formula is C18H21Cl2N3O2S. The van der Waals surface area contributed by atoms with Crippen molar-refractivity contribution in [2.75, 3.05) is 7.05 Å². The number of aromatic nitrogens is 2. The van der Waals surface area contributed by atoms with Crippen molar-refractivity contribution in [3.63, 3.8) is 0 Å². The van der Waals surface area contributed by atoms with E-state index in [2.05, 4.69) is 10.3 Å². The van der Waals surface area contributed by atoms with Crippen LogP contribution in [0.5, 0.6) is 0 Å². The largest absolute Gasteiger partial charge is 0.316 e. The molecule has 0 fully saturated rings. The van der Waals surface area contributed by atoms with Crippen molar-refractivity contribution in [3.8, 4) is 11.3 Å². The van der Waals surface area contributed by atoms with E-state index in [0.717, 1.165) is 16.7 Å². The van der Waals surface area contributed by atoms with Crippen molar-refractivity contribution in [1.82, 2.24) is 14.3 Å². The van der Waals surface area contributed by atoms with E-state index >= 15 is 0 Å². The lowest BCUT2D eigenvalue weighted by atomic mass is 10.1. The average Bonchev–Trinajstić information content (AvgIpc) is 2.94. The maximum atomic E-state index is 13.1. The molecule has 2 heterocycles. The molecule has 0 unspecified atom stereocenters. The summed E-state index contributed by atoms with van der Waals surface area (Å²) in [6.45, 7) is 2.55. The van der Waals surface area contributed by atoms with Crippen molar-refractivity contribution in [2.24, 2.45) is 0 Å². The zero-order valence-electron chi connectivity index (χ0n) is 14.4. The van der Waals surface area contributed by atoms with Crippen molar-refractivity contribution >= 4 is 34.8 Å². The van der Waals surface area contributed by atoms with Crippen LogP contribution in [0.2, 0.25) is 0 Å². The Hall–Kier alpha value is -1.86. The van der Waals surface area contributed by atoms with E-state index in [1.807, 2.05) is 44.3 Å². The smallest absolute Gasteiger partial charge is 0.269 e. The molecule has 0 aliphatic heterocycles. The highest BCUT2D eigenvalue weighted by atomic mass is 35.5. The molecule has 0 saturated heterocycles. The molecule has 0 saturated carbocycles. The summed E-state index contributed by atoms with van der Waals surface area (Å²) < 4.78 is 27.6. The average molecular weight is 414 g/mol. The summed E-state index contributed by atoms with van der Waals surface area (Å²) in [7, 11) is -1.87. The molecule has 0 bridgehead atoms. The number of hydrogen-bond donors (Lipinski definition) is 1. The van der Waals surface area contributed by atoms with Crippen molar-refractivity contribution < 1.29 is 8.42 Å². The van der Waals surface area contributed by atoms with E-state index < -0.39 is 10.0 Å². The molecule has 0 spiro atoms. The SMILES string of the molecule is CNCc1cn(S(=O)(=O)c2cccnc2)c(-c2ccccc2)c1C.Cl.Cl. The summed E-state index contributed by atoms with van der Waals surface area (Å²) in [5.74, 6) is 0. The summed E-state index contributed by atoms with van der Waals surface area (Å²) in [4.78, 5) is 4.11. The van der Waals surface area contributed by atoms with Gasteiger partial charge < -0.3 is 5.32 Å². The van der Waals surface area contributed by atoms with Gasteiger partial charge >= 0.3 is 0 Å². The lowest BCUT2D eigenvalue weighted by Gasteiger charge is -2.11. The number of hydrogen-bond acceptors (Lipinski definition) is 4. The maximum Gasteiger partial charge on any atom is 0.269 e. The molecule has 0 aliphatic rings. The zero-order chi connectivity index (χ0) is 17.2. The van der Waals surface area contributed by atoms with E-state index in [1.165, 1.54) is 10.2 Å². The molecule has 8 heteroatoms. The van der Waals surface area contributed by atoms with Gasteiger partial charge in [0.2, 0.25) is 0 Å². The number of halogens is 2. The summed E-state index contributed by atoms with van der Waals surface area (Å²) in [5.41, 5.74) is 3.45. The van der Waals surface area contributed by atoms with Crippen LogP contribution in [0, 0.1) is 6.92 Å². The lowest BCUT2D eigenvalue weighted by Crippen LogP contribution is -2.13. The first kappa shape index (κ1) is 22.2. The number of pyridine rings is 1. The first-order valence-electron chi connectivity index (χ1n) is 7.62. The predicted molar refractivity (Wildman–Crippen MR) is 109 cm³/mol. The van der Waals surface area contributed by atoms with Crippen molar-refractivity contribution in [1.29, 1.82) is 0 Å². The Labute approximate surface area is 166 Å². The Bertz CT molecular complexity index is 943. The highest BCUT2D eigenvalue weighted by molar-refractivity contribution is 7.90. The third-order valence-corrected chi connectivity index (χ3v) is 5.58. The number of nitrogens with zero attached hydrogens (tertiary/aromatic N) is 2. The number of benzene rings is 1.